The number of nitrogens with zero attached hydrogens (tertiary/aromatic N) is 2. The number of fused-ring (bicyclic) bond motifs is 1. The summed E-state index contributed by atoms with van der Waals surface area (Å²) in [4.78, 5) is 33.4. The summed E-state index contributed by atoms with van der Waals surface area (Å²) in [5.41, 5.74) is 2.10. The number of carbonyl (C=O) groups is 2. The van der Waals surface area contributed by atoms with Crippen molar-refractivity contribution >= 4 is 29.1 Å². The highest BCUT2D eigenvalue weighted by Crippen LogP contribution is 2.49. The predicted octanol–water partition coefficient (Wildman–Crippen LogP) is 4.35. The number of anilines is 1. The van der Waals surface area contributed by atoms with Crippen LogP contribution < -0.4 is 4.90 Å². The van der Waals surface area contributed by atoms with E-state index < -0.39 is 6.04 Å². The molecule has 5 unspecified atom stereocenters. The third kappa shape index (κ3) is 2.95. The number of alkyl halides is 1. The van der Waals surface area contributed by atoms with E-state index in [1.165, 1.54) is 0 Å². The van der Waals surface area contributed by atoms with Gasteiger partial charge in [-0.25, -0.2) is 4.98 Å². The van der Waals surface area contributed by atoms with Crippen molar-refractivity contribution in [3.8, 4) is 0 Å². The van der Waals surface area contributed by atoms with E-state index in [0.717, 1.165) is 11.3 Å². The molecule has 1 amide bonds. The minimum Gasteiger partial charge on any atom is -0.483 e. The van der Waals surface area contributed by atoms with Gasteiger partial charge in [-0.1, -0.05) is 43.3 Å². The number of ketones is 1. The van der Waals surface area contributed by atoms with Gasteiger partial charge in [-0.15, -0.1) is 11.6 Å². The second-order valence-electron chi connectivity index (χ2n) is 8.46. The Labute approximate surface area is 180 Å². The first kappa shape index (κ1) is 19.3. The van der Waals surface area contributed by atoms with E-state index in [9.17, 15) is 9.59 Å². The van der Waals surface area contributed by atoms with Gasteiger partial charge in [0.05, 0.1) is 17.5 Å². The van der Waals surface area contributed by atoms with Crippen molar-refractivity contribution in [2.24, 2.45) is 11.8 Å². The molecule has 5 atom stereocenters. The second-order valence-corrected chi connectivity index (χ2v) is 9.02. The Balaban J connectivity index is 1.64. The Kier molecular flexibility index (Phi) is 4.66. The molecule has 1 aromatic carbocycles. The molecule has 0 bridgehead atoms. The minimum atomic E-state index is -0.551. The summed E-state index contributed by atoms with van der Waals surface area (Å²) < 4.78 is 6.23. The summed E-state index contributed by atoms with van der Waals surface area (Å²) >= 11 is 6.51. The molecule has 2 aliphatic heterocycles. The lowest BCUT2D eigenvalue weighted by atomic mass is 9.74. The molecule has 5 nitrogen and oxygen atoms in total. The maximum absolute atomic E-state index is 13.7. The van der Waals surface area contributed by atoms with Crippen molar-refractivity contribution in [1.29, 1.82) is 0 Å². The molecule has 1 fully saturated rings. The van der Waals surface area contributed by atoms with E-state index in [1.54, 1.807) is 11.0 Å². The monoisotopic (exact) mass is 422 g/mol. The maximum atomic E-state index is 13.7. The number of aromatic nitrogens is 1. The molecule has 30 heavy (non-hydrogen) atoms. The lowest BCUT2D eigenvalue weighted by Gasteiger charge is -2.39. The number of benzene rings is 1. The fourth-order valence-electron chi connectivity index (χ4n) is 4.87. The first-order valence-corrected chi connectivity index (χ1v) is 10.8. The van der Waals surface area contributed by atoms with E-state index in [4.69, 9.17) is 16.3 Å². The maximum Gasteiger partial charge on any atom is 0.295 e. The van der Waals surface area contributed by atoms with E-state index in [1.807, 2.05) is 49.4 Å². The topological polar surface area (TPSA) is 59.5 Å². The van der Waals surface area contributed by atoms with Crippen molar-refractivity contribution in [1.82, 2.24) is 4.98 Å². The largest absolute Gasteiger partial charge is 0.483 e. The van der Waals surface area contributed by atoms with Gasteiger partial charge < -0.3 is 4.74 Å². The van der Waals surface area contributed by atoms with Crippen LogP contribution in [0.3, 0.4) is 0 Å². The van der Waals surface area contributed by atoms with Crippen molar-refractivity contribution < 1.29 is 14.3 Å². The predicted molar refractivity (Wildman–Crippen MR) is 114 cm³/mol. The van der Waals surface area contributed by atoms with Crippen molar-refractivity contribution in [2.75, 3.05) is 4.90 Å². The lowest BCUT2D eigenvalue weighted by Crippen LogP contribution is -2.44. The highest BCUT2D eigenvalue weighted by Gasteiger charge is 2.54. The van der Waals surface area contributed by atoms with Crippen LogP contribution in [0.2, 0.25) is 0 Å². The Morgan fingerprint density at radius 1 is 1.07 bits per heavy atom. The zero-order valence-electron chi connectivity index (χ0n) is 16.9. The van der Waals surface area contributed by atoms with Crippen LogP contribution in [-0.2, 0) is 14.3 Å². The number of Topliss-reactive ketones (excluding diaryl/α,β-unsaturated/α-hetero) is 1. The Bertz CT molecular complexity index is 1050. The molecule has 154 valence electrons. The number of hydrogen-bond donors (Lipinski definition) is 0. The Hall–Kier alpha value is -2.66. The smallest absolute Gasteiger partial charge is 0.295 e. The SMILES string of the molecule is Cc1cccc(N2C(=O)C3=C(C(=O)C4CC(Cl)C(C)CC4O3)C2c2ccccc2)n1. The van der Waals surface area contributed by atoms with E-state index in [2.05, 4.69) is 11.9 Å². The first-order chi connectivity index (χ1) is 14.5. The van der Waals surface area contributed by atoms with Gasteiger partial charge in [0, 0.05) is 11.1 Å². The molecule has 1 aromatic heterocycles. The number of hydrogen-bond acceptors (Lipinski definition) is 4. The van der Waals surface area contributed by atoms with Gasteiger partial charge in [0.25, 0.3) is 5.91 Å². The zero-order valence-corrected chi connectivity index (χ0v) is 17.7. The molecule has 3 aliphatic rings. The van der Waals surface area contributed by atoms with Gasteiger partial charge in [0.2, 0.25) is 0 Å². The van der Waals surface area contributed by atoms with Crippen LogP contribution in [0, 0.1) is 18.8 Å². The van der Waals surface area contributed by atoms with Gasteiger partial charge in [-0.2, -0.15) is 0 Å². The molecule has 0 radical (unpaired) electrons. The van der Waals surface area contributed by atoms with Crippen molar-refractivity contribution in [3.63, 3.8) is 0 Å². The quantitative estimate of drug-likeness (QED) is 0.675. The fraction of sp³-hybridized carbons (Fsp3) is 0.375. The molecule has 0 spiro atoms. The standard InChI is InChI=1S/C24H23ClN2O3/c1-13-11-18-16(12-17(13)25)22(28)20-21(15-8-4-3-5-9-15)27(24(29)23(20)30-18)19-10-6-7-14(2)26-19/h3-10,13,16-18,21H,11-12H2,1-2H3. The summed E-state index contributed by atoms with van der Waals surface area (Å²) in [6, 6.07) is 14.6. The molecular formula is C24H23ClN2O3. The summed E-state index contributed by atoms with van der Waals surface area (Å²) in [5.74, 6) is 0.302. The molecule has 1 saturated carbocycles. The summed E-state index contributed by atoms with van der Waals surface area (Å²) in [5, 5.41) is -0.0669. The Morgan fingerprint density at radius 3 is 2.57 bits per heavy atom. The van der Waals surface area contributed by atoms with Crippen LogP contribution in [0.5, 0.6) is 0 Å². The number of aryl methyl sites for hydroxylation is 1. The molecule has 5 rings (SSSR count). The van der Waals surface area contributed by atoms with Crippen molar-refractivity contribution in [3.05, 3.63) is 71.1 Å². The summed E-state index contributed by atoms with van der Waals surface area (Å²) in [7, 11) is 0. The zero-order chi connectivity index (χ0) is 21.0. The highest BCUT2D eigenvalue weighted by molar-refractivity contribution is 6.21. The summed E-state index contributed by atoms with van der Waals surface area (Å²) in [6.45, 7) is 3.95. The third-order valence-corrected chi connectivity index (χ3v) is 7.05. The summed E-state index contributed by atoms with van der Waals surface area (Å²) in [6.07, 6.45) is 0.946. The number of halogens is 1. The highest BCUT2D eigenvalue weighted by atomic mass is 35.5. The average Bonchev–Trinajstić information content (AvgIpc) is 3.03. The molecule has 0 N–H and O–H groups in total. The normalized spacial score (nSPS) is 30.8. The second kappa shape index (κ2) is 7.24. The Morgan fingerprint density at radius 2 is 1.83 bits per heavy atom. The number of amides is 1. The molecule has 2 aromatic rings. The van der Waals surface area contributed by atoms with Crippen LogP contribution in [0.15, 0.2) is 59.9 Å². The van der Waals surface area contributed by atoms with Crippen LogP contribution in [0.1, 0.15) is 37.1 Å². The molecule has 0 saturated heterocycles. The van der Waals surface area contributed by atoms with Gasteiger partial charge in [-0.3, -0.25) is 14.5 Å². The lowest BCUT2D eigenvalue weighted by molar-refractivity contribution is -0.132. The number of ether oxygens (including phenoxy) is 1. The number of pyridine rings is 1. The first-order valence-electron chi connectivity index (χ1n) is 10.4. The molecule has 1 aliphatic carbocycles. The number of rotatable bonds is 2. The molecule has 6 heteroatoms. The van der Waals surface area contributed by atoms with Crippen molar-refractivity contribution in [2.45, 2.75) is 44.2 Å². The molecular weight excluding hydrogens is 400 g/mol. The van der Waals surface area contributed by atoms with Gasteiger partial charge in [0.15, 0.2) is 11.5 Å². The number of carbonyl (C=O) groups excluding carboxylic acids is 2. The average molecular weight is 423 g/mol. The van der Waals surface area contributed by atoms with E-state index >= 15 is 0 Å². The van der Waals surface area contributed by atoms with Crippen LogP contribution in [-0.4, -0.2) is 28.2 Å². The van der Waals surface area contributed by atoms with Crippen LogP contribution >= 0.6 is 11.6 Å². The van der Waals surface area contributed by atoms with Gasteiger partial charge >= 0.3 is 0 Å². The fourth-order valence-corrected chi connectivity index (χ4v) is 5.16. The van der Waals surface area contributed by atoms with Gasteiger partial charge in [-0.05, 0) is 43.4 Å². The third-order valence-electron chi connectivity index (χ3n) is 6.45. The molecule has 3 heterocycles. The van der Waals surface area contributed by atoms with Crippen LogP contribution in [0.25, 0.3) is 0 Å². The minimum absolute atomic E-state index is 0.0174. The van der Waals surface area contributed by atoms with Gasteiger partial charge in [0.1, 0.15) is 11.9 Å². The van der Waals surface area contributed by atoms with E-state index in [0.29, 0.717) is 24.2 Å². The van der Waals surface area contributed by atoms with Crippen LogP contribution in [0.4, 0.5) is 5.82 Å². The van der Waals surface area contributed by atoms with E-state index in [-0.39, 0.29) is 40.8 Å².